The highest BCUT2D eigenvalue weighted by Crippen LogP contribution is 2.08. The maximum Gasteiger partial charge on any atom is 0.0205 e. The molecule has 0 aromatic heterocycles. The lowest BCUT2D eigenvalue weighted by atomic mass is 10.1. The first-order valence-corrected chi connectivity index (χ1v) is 6.34. The van der Waals surface area contributed by atoms with E-state index in [0.717, 1.165) is 19.1 Å². The highest BCUT2D eigenvalue weighted by atomic mass is 14.9. The van der Waals surface area contributed by atoms with Crippen LogP contribution in [-0.2, 0) is 6.54 Å². The van der Waals surface area contributed by atoms with Crippen LogP contribution in [0.15, 0.2) is 24.3 Å². The fraction of sp³-hybridized carbons (Fsp3) is 0.571. The lowest BCUT2D eigenvalue weighted by Crippen LogP contribution is -2.26. The van der Waals surface area contributed by atoms with Crippen LogP contribution in [0, 0.1) is 6.92 Å². The second-order valence-corrected chi connectivity index (χ2v) is 4.75. The summed E-state index contributed by atoms with van der Waals surface area (Å²) in [6, 6.07) is 9.47. The van der Waals surface area contributed by atoms with E-state index in [4.69, 9.17) is 0 Å². The molecule has 2 nitrogen and oxygen atoms in total. The summed E-state index contributed by atoms with van der Waals surface area (Å²) in [5.74, 6) is 0. The number of aryl methyl sites for hydroxylation is 1. The van der Waals surface area contributed by atoms with Gasteiger partial charge in [-0.05, 0) is 44.8 Å². The highest BCUT2D eigenvalue weighted by Gasteiger charge is 2.12. The Kier molecular flexibility index (Phi) is 4.37. The zero-order chi connectivity index (χ0) is 11.2. The average Bonchev–Trinajstić information content (AvgIpc) is 2.77. The van der Waals surface area contributed by atoms with Gasteiger partial charge in [0.1, 0.15) is 0 Å². The average molecular weight is 218 g/mol. The largest absolute Gasteiger partial charge is 0.314 e. The molecule has 2 N–H and O–H groups in total. The van der Waals surface area contributed by atoms with Gasteiger partial charge in [-0.15, -0.1) is 0 Å². The first-order valence-electron chi connectivity index (χ1n) is 6.34. The molecule has 0 spiro atoms. The van der Waals surface area contributed by atoms with E-state index >= 15 is 0 Å². The van der Waals surface area contributed by atoms with Gasteiger partial charge in [0.15, 0.2) is 0 Å². The van der Waals surface area contributed by atoms with Crippen molar-refractivity contribution >= 4 is 0 Å². The molecule has 1 aromatic carbocycles. The Morgan fingerprint density at radius 1 is 1.44 bits per heavy atom. The van der Waals surface area contributed by atoms with Gasteiger partial charge in [-0.3, -0.25) is 0 Å². The van der Waals surface area contributed by atoms with Crippen molar-refractivity contribution in [1.82, 2.24) is 10.6 Å². The quantitative estimate of drug-likeness (QED) is 0.741. The zero-order valence-corrected chi connectivity index (χ0v) is 10.1. The Balaban J connectivity index is 1.64. The van der Waals surface area contributed by atoms with E-state index in [-0.39, 0.29) is 0 Å². The number of nitrogens with one attached hydrogen (secondary N) is 2. The topological polar surface area (TPSA) is 24.1 Å². The van der Waals surface area contributed by atoms with Gasteiger partial charge in [-0.2, -0.15) is 0 Å². The van der Waals surface area contributed by atoms with Crippen LogP contribution in [0.4, 0.5) is 0 Å². The second-order valence-electron chi connectivity index (χ2n) is 4.75. The smallest absolute Gasteiger partial charge is 0.0205 e. The van der Waals surface area contributed by atoms with E-state index < -0.39 is 0 Å². The second kappa shape index (κ2) is 6.02. The van der Waals surface area contributed by atoms with Crippen molar-refractivity contribution < 1.29 is 0 Å². The molecule has 1 aromatic rings. The van der Waals surface area contributed by atoms with Gasteiger partial charge in [0, 0.05) is 12.6 Å². The highest BCUT2D eigenvalue weighted by molar-refractivity contribution is 5.21. The predicted molar refractivity (Wildman–Crippen MR) is 68.5 cm³/mol. The van der Waals surface area contributed by atoms with E-state index in [9.17, 15) is 0 Å². The maximum absolute atomic E-state index is 3.52. The Hall–Kier alpha value is -0.860. The minimum Gasteiger partial charge on any atom is -0.314 e. The van der Waals surface area contributed by atoms with E-state index in [2.05, 4.69) is 41.8 Å². The Morgan fingerprint density at radius 2 is 2.38 bits per heavy atom. The van der Waals surface area contributed by atoms with Crippen molar-refractivity contribution in [2.24, 2.45) is 0 Å². The summed E-state index contributed by atoms with van der Waals surface area (Å²) >= 11 is 0. The Bertz CT molecular complexity index is 316. The number of hydrogen-bond donors (Lipinski definition) is 2. The molecule has 0 saturated carbocycles. The minimum absolute atomic E-state index is 0.755. The van der Waals surface area contributed by atoms with Crippen LogP contribution in [0.3, 0.4) is 0 Å². The molecule has 2 heteroatoms. The molecular formula is C14H22N2. The molecule has 16 heavy (non-hydrogen) atoms. The van der Waals surface area contributed by atoms with Gasteiger partial charge in [-0.1, -0.05) is 29.8 Å². The first-order chi connectivity index (χ1) is 7.84. The minimum atomic E-state index is 0.755. The van der Waals surface area contributed by atoms with Crippen LogP contribution in [0.5, 0.6) is 0 Å². The number of rotatable bonds is 5. The summed E-state index contributed by atoms with van der Waals surface area (Å²) in [6.45, 7) is 5.47. The van der Waals surface area contributed by atoms with Crippen molar-refractivity contribution in [2.75, 3.05) is 13.1 Å². The van der Waals surface area contributed by atoms with Crippen LogP contribution in [0.2, 0.25) is 0 Å². The summed E-state index contributed by atoms with van der Waals surface area (Å²) in [5, 5.41) is 7.04. The molecule has 1 atom stereocenters. The molecule has 2 rings (SSSR count). The van der Waals surface area contributed by atoms with Gasteiger partial charge in [0.05, 0.1) is 0 Å². The van der Waals surface area contributed by atoms with Gasteiger partial charge in [0.25, 0.3) is 0 Å². The van der Waals surface area contributed by atoms with Gasteiger partial charge in [0.2, 0.25) is 0 Å². The summed E-state index contributed by atoms with van der Waals surface area (Å²) in [6.07, 6.45) is 3.96. The maximum atomic E-state index is 3.52. The number of benzene rings is 1. The van der Waals surface area contributed by atoms with Gasteiger partial charge >= 0.3 is 0 Å². The van der Waals surface area contributed by atoms with Crippen LogP contribution in [-0.4, -0.2) is 19.1 Å². The molecule has 0 aliphatic carbocycles. The summed E-state index contributed by atoms with van der Waals surface area (Å²) in [4.78, 5) is 0. The van der Waals surface area contributed by atoms with Crippen molar-refractivity contribution in [1.29, 1.82) is 0 Å². The molecular weight excluding hydrogens is 196 g/mol. The van der Waals surface area contributed by atoms with Crippen molar-refractivity contribution in [2.45, 2.75) is 38.8 Å². The van der Waals surface area contributed by atoms with E-state index in [1.165, 1.54) is 36.9 Å². The number of hydrogen-bond acceptors (Lipinski definition) is 2. The third-order valence-electron chi connectivity index (χ3n) is 3.24. The zero-order valence-electron chi connectivity index (χ0n) is 10.1. The molecule has 0 bridgehead atoms. The van der Waals surface area contributed by atoms with Gasteiger partial charge < -0.3 is 10.6 Å². The fourth-order valence-corrected chi connectivity index (χ4v) is 2.33. The molecule has 1 heterocycles. The normalized spacial score (nSPS) is 20.2. The van der Waals surface area contributed by atoms with Gasteiger partial charge in [-0.25, -0.2) is 0 Å². The van der Waals surface area contributed by atoms with Crippen molar-refractivity contribution in [3.63, 3.8) is 0 Å². The van der Waals surface area contributed by atoms with E-state index in [0.29, 0.717) is 0 Å². The van der Waals surface area contributed by atoms with Crippen LogP contribution >= 0.6 is 0 Å². The Morgan fingerprint density at radius 3 is 3.12 bits per heavy atom. The lowest BCUT2D eigenvalue weighted by Gasteiger charge is -2.10. The molecule has 1 aliphatic heterocycles. The van der Waals surface area contributed by atoms with Crippen LogP contribution < -0.4 is 10.6 Å². The Labute approximate surface area is 98.4 Å². The molecule has 1 unspecified atom stereocenters. The molecule has 0 radical (unpaired) electrons. The SMILES string of the molecule is Cc1cccc(CNCCC2CCCN2)c1. The summed E-state index contributed by atoms with van der Waals surface area (Å²) < 4.78 is 0. The van der Waals surface area contributed by atoms with Crippen LogP contribution in [0.25, 0.3) is 0 Å². The monoisotopic (exact) mass is 218 g/mol. The van der Waals surface area contributed by atoms with Crippen molar-refractivity contribution in [3.8, 4) is 0 Å². The third kappa shape index (κ3) is 3.62. The molecule has 1 saturated heterocycles. The molecule has 88 valence electrons. The first kappa shape index (κ1) is 11.6. The van der Waals surface area contributed by atoms with Crippen molar-refractivity contribution in [3.05, 3.63) is 35.4 Å². The fourth-order valence-electron chi connectivity index (χ4n) is 2.33. The van der Waals surface area contributed by atoms with E-state index in [1.54, 1.807) is 0 Å². The standard InChI is InChI=1S/C14H22N2/c1-12-4-2-5-13(10-12)11-15-9-7-14-6-3-8-16-14/h2,4-5,10,14-16H,3,6-9,11H2,1H3. The summed E-state index contributed by atoms with van der Waals surface area (Å²) in [5.41, 5.74) is 2.73. The lowest BCUT2D eigenvalue weighted by molar-refractivity contribution is 0.523. The predicted octanol–water partition coefficient (Wildman–Crippen LogP) is 2.23. The molecule has 0 amide bonds. The van der Waals surface area contributed by atoms with E-state index in [1.807, 2.05) is 0 Å². The molecule has 1 aliphatic rings. The summed E-state index contributed by atoms with van der Waals surface area (Å²) in [7, 11) is 0. The third-order valence-corrected chi connectivity index (χ3v) is 3.24. The molecule has 1 fully saturated rings. The van der Waals surface area contributed by atoms with Crippen LogP contribution in [0.1, 0.15) is 30.4 Å².